The number of nitrogens with zero attached hydrogens (tertiary/aromatic N) is 5. The average Bonchev–Trinajstić information content (AvgIpc) is 2.81. The van der Waals surface area contributed by atoms with E-state index in [-0.39, 0.29) is 0 Å². The van der Waals surface area contributed by atoms with Crippen LogP contribution in [-0.2, 0) is 18.4 Å². The SMILES string of the molecule is CCOCc1nc(NC)cc(Sc2ncnn2C)n1. The maximum Gasteiger partial charge on any atom is 0.192 e. The van der Waals surface area contributed by atoms with Crippen LogP contribution in [0.3, 0.4) is 0 Å². The molecular formula is C11H16N6OS. The van der Waals surface area contributed by atoms with Crippen LogP contribution in [0.1, 0.15) is 12.7 Å². The van der Waals surface area contributed by atoms with Gasteiger partial charge in [-0.15, -0.1) is 0 Å². The van der Waals surface area contributed by atoms with Crippen molar-refractivity contribution in [2.75, 3.05) is 19.0 Å². The van der Waals surface area contributed by atoms with E-state index in [0.29, 0.717) is 19.0 Å². The van der Waals surface area contributed by atoms with E-state index in [1.54, 1.807) is 4.68 Å². The molecule has 2 heterocycles. The van der Waals surface area contributed by atoms with Crippen molar-refractivity contribution in [1.29, 1.82) is 0 Å². The van der Waals surface area contributed by atoms with Gasteiger partial charge in [-0.3, -0.25) is 0 Å². The van der Waals surface area contributed by atoms with Gasteiger partial charge in [0.05, 0.1) is 0 Å². The topological polar surface area (TPSA) is 77.8 Å². The second kappa shape index (κ2) is 6.48. The van der Waals surface area contributed by atoms with Crippen LogP contribution in [0.2, 0.25) is 0 Å². The lowest BCUT2D eigenvalue weighted by Crippen LogP contribution is -2.04. The Bertz CT molecular complexity index is 544. The summed E-state index contributed by atoms with van der Waals surface area (Å²) in [6.07, 6.45) is 1.52. The third kappa shape index (κ3) is 3.65. The van der Waals surface area contributed by atoms with E-state index >= 15 is 0 Å². The third-order valence-electron chi connectivity index (χ3n) is 2.31. The monoisotopic (exact) mass is 280 g/mol. The van der Waals surface area contributed by atoms with Crippen LogP contribution in [0.5, 0.6) is 0 Å². The molecule has 0 aliphatic carbocycles. The average molecular weight is 280 g/mol. The number of nitrogens with one attached hydrogen (secondary N) is 1. The van der Waals surface area contributed by atoms with Crippen molar-refractivity contribution in [2.45, 2.75) is 23.7 Å². The lowest BCUT2D eigenvalue weighted by Gasteiger charge is -2.07. The summed E-state index contributed by atoms with van der Waals surface area (Å²) in [5.41, 5.74) is 0. The summed E-state index contributed by atoms with van der Waals surface area (Å²) in [4.78, 5) is 12.9. The molecule has 0 aromatic carbocycles. The van der Waals surface area contributed by atoms with Gasteiger partial charge in [-0.25, -0.2) is 19.6 Å². The summed E-state index contributed by atoms with van der Waals surface area (Å²) < 4.78 is 7.04. The molecule has 2 rings (SSSR count). The Balaban J connectivity index is 2.21. The number of ether oxygens (including phenoxy) is 1. The molecule has 19 heavy (non-hydrogen) atoms. The standard InChI is InChI=1S/C11H16N6OS/c1-4-18-6-9-15-8(12-2)5-10(16-9)19-11-13-7-14-17(11)3/h5,7H,4,6H2,1-3H3,(H,12,15,16). The van der Waals surface area contributed by atoms with Crippen LogP contribution in [0.25, 0.3) is 0 Å². The Morgan fingerprint density at radius 1 is 1.42 bits per heavy atom. The summed E-state index contributed by atoms with van der Waals surface area (Å²) in [5.74, 6) is 1.41. The van der Waals surface area contributed by atoms with Crippen molar-refractivity contribution in [2.24, 2.45) is 7.05 Å². The minimum absolute atomic E-state index is 0.401. The first-order chi connectivity index (χ1) is 9.22. The Kier molecular flexibility index (Phi) is 4.69. The zero-order valence-corrected chi connectivity index (χ0v) is 11.9. The van der Waals surface area contributed by atoms with E-state index < -0.39 is 0 Å². The first-order valence-electron chi connectivity index (χ1n) is 5.88. The summed E-state index contributed by atoms with van der Waals surface area (Å²) in [6, 6.07) is 1.87. The summed E-state index contributed by atoms with van der Waals surface area (Å²) in [5, 5.41) is 8.63. The Morgan fingerprint density at radius 3 is 2.89 bits per heavy atom. The van der Waals surface area contributed by atoms with E-state index in [9.17, 15) is 0 Å². The molecule has 0 saturated heterocycles. The van der Waals surface area contributed by atoms with Gasteiger partial charge in [-0.1, -0.05) is 0 Å². The summed E-state index contributed by atoms with van der Waals surface area (Å²) in [7, 11) is 3.67. The number of anilines is 1. The molecule has 1 N–H and O–H groups in total. The van der Waals surface area contributed by atoms with E-state index in [2.05, 4.69) is 25.4 Å². The molecule has 0 amide bonds. The number of rotatable bonds is 6. The molecule has 0 radical (unpaired) electrons. The predicted molar refractivity (Wildman–Crippen MR) is 72.0 cm³/mol. The Morgan fingerprint density at radius 2 is 2.26 bits per heavy atom. The van der Waals surface area contributed by atoms with E-state index in [4.69, 9.17) is 4.74 Å². The van der Waals surface area contributed by atoms with Crippen LogP contribution in [0.15, 0.2) is 22.6 Å². The van der Waals surface area contributed by atoms with Gasteiger partial charge in [0, 0.05) is 26.8 Å². The van der Waals surface area contributed by atoms with E-state index in [0.717, 1.165) is 16.0 Å². The first kappa shape index (κ1) is 13.8. The molecule has 0 atom stereocenters. The van der Waals surface area contributed by atoms with Crippen molar-refractivity contribution in [3.63, 3.8) is 0 Å². The fraction of sp³-hybridized carbons (Fsp3) is 0.455. The fourth-order valence-corrected chi connectivity index (χ4v) is 2.17. The van der Waals surface area contributed by atoms with Crippen molar-refractivity contribution < 1.29 is 4.74 Å². The number of aryl methyl sites for hydroxylation is 1. The van der Waals surface area contributed by atoms with Crippen LogP contribution in [0.4, 0.5) is 5.82 Å². The van der Waals surface area contributed by atoms with E-state index in [1.165, 1.54) is 18.1 Å². The molecule has 8 heteroatoms. The van der Waals surface area contributed by atoms with Gasteiger partial charge in [0.15, 0.2) is 11.0 Å². The van der Waals surface area contributed by atoms with Gasteiger partial charge in [0.1, 0.15) is 23.8 Å². The Labute approximate surface area is 115 Å². The van der Waals surface area contributed by atoms with Crippen LogP contribution in [0, 0.1) is 0 Å². The van der Waals surface area contributed by atoms with Gasteiger partial charge in [0.2, 0.25) is 0 Å². The van der Waals surface area contributed by atoms with E-state index in [1.807, 2.05) is 27.1 Å². The molecule has 0 spiro atoms. The Hall–Kier alpha value is -1.67. The van der Waals surface area contributed by atoms with Gasteiger partial charge >= 0.3 is 0 Å². The molecule has 2 aromatic rings. The zero-order valence-electron chi connectivity index (χ0n) is 11.1. The highest BCUT2D eigenvalue weighted by molar-refractivity contribution is 7.99. The maximum absolute atomic E-state index is 5.34. The summed E-state index contributed by atoms with van der Waals surface area (Å²) in [6.45, 7) is 2.98. The normalized spacial score (nSPS) is 10.7. The molecule has 0 saturated carbocycles. The number of aromatic nitrogens is 5. The highest BCUT2D eigenvalue weighted by Crippen LogP contribution is 2.25. The lowest BCUT2D eigenvalue weighted by atomic mass is 10.5. The zero-order chi connectivity index (χ0) is 13.7. The van der Waals surface area contributed by atoms with Gasteiger partial charge in [0.25, 0.3) is 0 Å². The maximum atomic E-state index is 5.34. The molecule has 0 fully saturated rings. The second-order valence-electron chi connectivity index (χ2n) is 3.66. The molecule has 102 valence electrons. The number of hydrogen-bond donors (Lipinski definition) is 1. The van der Waals surface area contributed by atoms with Crippen LogP contribution in [-0.4, -0.2) is 38.4 Å². The quantitative estimate of drug-likeness (QED) is 0.800. The molecule has 2 aromatic heterocycles. The van der Waals surface area contributed by atoms with Crippen molar-refractivity contribution in [3.05, 3.63) is 18.2 Å². The molecule has 0 bridgehead atoms. The minimum Gasteiger partial charge on any atom is -0.374 e. The van der Waals surface area contributed by atoms with Crippen molar-refractivity contribution in [1.82, 2.24) is 24.7 Å². The highest BCUT2D eigenvalue weighted by atomic mass is 32.2. The lowest BCUT2D eigenvalue weighted by molar-refractivity contribution is 0.128. The van der Waals surface area contributed by atoms with Gasteiger partial charge < -0.3 is 10.1 Å². The molecule has 0 unspecified atom stereocenters. The number of hydrogen-bond acceptors (Lipinski definition) is 7. The molecule has 0 aliphatic rings. The molecule has 0 aliphatic heterocycles. The smallest absolute Gasteiger partial charge is 0.192 e. The minimum atomic E-state index is 0.401. The van der Waals surface area contributed by atoms with Crippen LogP contribution < -0.4 is 5.32 Å². The van der Waals surface area contributed by atoms with Crippen molar-refractivity contribution in [3.8, 4) is 0 Å². The largest absolute Gasteiger partial charge is 0.374 e. The van der Waals surface area contributed by atoms with Gasteiger partial charge in [-0.2, -0.15) is 5.10 Å². The summed E-state index contributed by atoms with van der Waals surface area (Å²) >= 11 is 1.44. The molecule has 7 nitrogen and oxygen atoms in total. The first-order valence-corrected chi connectivity index (χ1v) is 6.70. The predicted octanol–water partition coefficient (Wildman–Crippen LogP) is 1.33. The third-order valence-corrected chi connectivity index (χ3v) is 3.28. The van der Waals surface area contributed by atoms with Crippen LogP contribution >= 0.6 is 11.8 Å². The van der Waals surface area contributed by atoms with Crippen molar-refractivity contribution >= 4 is 17.6 Å². The second-order valence-corrected chi connectivity index (χ2v) is 4.65. The van der Waals surface area contributed by atoms with Gasteiger partial charge in [-0.05, 0) is 18.7 Å². The molecular weight excluding hydrogens is 264 g/mol. The highest BCUT2D eigenvalue weighted by Gasteiger charge is 2.09. The fourth-order valence-electron chi connectivity index (χ4n) is 1.38.